The minimum absolute atomic E-state index is 0.0534. The van der Waals surface area contributed by atoms with Crippen molar-refractivity contribution in [3.05, 3.63) is 12.2 Å². The normalized spacial score (nSPS) is 17.9. The Morgan fingerprint density at radius 2 is 1.16 bits per heavy atom. The summed E-state index contributed by atoms with van der Waals surface area (Å²) in [7, 11) is 3.59. The van der Waals surface area contributed by atoms with Crippen LogP contribution in [0.15, 0.2) is 12.2 Å². The summed E-state index contributed by atoms with van der Waals surface area (Å²) >= 11 is 0. The fourth-order valence-electron chi connectivity index (χ4n) is 9.79. The van der Waals surface area contributed by atoms with E-state index >= 15 is 0 Å². The molecule has 0 bridgehead atoms. The van der Waals surface area contributed by atoms with E-state index in [1.807, 2.05) is 34.6 Å². The number of nitrogens with zero attached hydrogens (tertiary/aromatic N) is 3. The number of likely N-dealkylation sites (tertiary alicyclic amines) is 1. The number of hydrogen-bond acceptors (Lipinski definition) is 15. The van der Waals surface area contributed by atoms with Gasteiger partial charge in [-0.3, -0.25) is 57.9 Å². The molecule has 0 radical (unpaired) electrons. The molecule has 498 valence electrons. The monoisotopic (exact) mass is 1230 g/mol. The molecule has 0 aromatic carbocycles. The van der Waals surface area contributed by atoms with Crippen molar-refractivity contribution >= 4 is 64.9 Å². The number of carbonyl (C=O) groups is 11. The van der Waals surface area contributed by atoms with E-state index in [-0.39, 0.29) is 86.9 Å². The molecule has 10 amide bonds. The second-order valence-electron chi connectivity index (χ2n) is 27.2. The van der Waals surface area contributed by atoms with Gasteiger partial charge in [0.25, 0.3) is 0 Å². The van der Waals surface area contributed by atoms with Crippen LogP contribution in [0.1, 0.15) is 182 Å². The lowest BCUT2D eigenvalue weighted by Gasteiger charge is -2.34. The van der Waals surface area contributed by atoms with E-state index in [9.17, 15) is 68.2 Å². The molecule has 0 unspecified atom stereocenters. The Labute approximate surface area is 517 Å². The average Bonchev–Trinajstić information content (AvgIpc) is 2.22. The number of rotatable bonds is 37. The van der Waals surface area contributed by atoms with Crippen LogP contribution in [-0.2, 0) is 52.7 Å². The van der Waals surface area contributed by atoms with Gasteiger partial charge in [0.2, 0.25) is 59.1 Å². The molecule has 1 saturated heterocycles. The number of hydroxylamine groups is 2. The highest BCUT2D eigenvalue weighted by Crippen LogP contribution is 2.25. The van der Waals surface area contributed by atoms with Crippen LogP contribution in [0.25, 0.3) is 0 Å². The Balaban J connectivity index is 3.44. The maximum Gasteiger partial charge on any atom is 0.247 e. The lowest BCUT2D eigenvalue weighted by molar-refractivity contribution is -0.175. The first-order valence-corrected chi connectivity index (χ1v) is 31.0. The van der Waals surface area contributed by atoms with Gasteiger partial charge < -0.3 is 62.5 Å². The lowest BCUT2D eigenvalue weighted by Crippen LogP contribution is -2.66. The fourth-order valence-corrected chi connectivity index (χ4v) is 9.79. The number of amides is 10. The maximum absolute atomic E-state index is 14.6. The van der Waals surface area contributed by atoms with Gasteiger partial charge in [-0.25, -0.2) is 5.06 Å². The third-order valence-electron chi connectivity index (χ3n) is 15.3. The fraction of sp³-hybridized carbons (Fsp3) is 0.790. The lowest BCUT2D eigenvalue weighted by atomic mass is 9.92. The average molecular weight is 1230 g/mol. The standard InChI is InChI=1S/C62H111N11O14/c1-21-38(9)23-24-48(76)72-33-40(11)31-47(72)55(82)65-46(30-39(10)29-43(75)32-42(74)22-2)53(80)67-50(51(78)37(7)8)56(83)69-61(15,16)58(85)66-44(27-35(3)4)52(79)64-45(28-36(5)6)54(81)68-62(17,18)59(86)70-60(13,14)57(84)63-26-25-49(77)73(87)41(12)34-71(19)20/h23-24,35-41,43-47,50-51,75,78,87H,21-22,25-34H2,1-20H3,(H,63,84)(H,64,79)(H,65,82)(H,66,85)(H,67,80)(H,68,81)(H,69,83)(H,70,86)/b24-23+/t38-,39-,40-,41-,43+,44+,45+,46+,47+,50+,51-/m1/s1. The van der Waals surface area contributed by atoms with Crippen LogP contribution in [0.2, 0.25) is 0 Å². The highest BCUT2D eigenvalue weighted by molar-refractivity contribution is 6.00. The van der Waals surface area contributed by atoms with Crippen molar-refractivity contribution in [3.63, 3.8) is 0 Å². The molecule has 1 aliphatic rings. The minimum atomic E-state index is -1.84. The number of hydrogen-bond donors (Lipinski definition) is 11. The molecule has 87 heavy (non-hydrogen) atoms. The summed E-state index contributed by atoms with van der Waals surface area (Å²) in [5.41, 5.74) is -5.03. The largest absolute Gasteiger partial charge is 0.393 e. The molecule has 1 aliphatic heterocycles. The zero-order chi connectivity index (χ0) is 67.2. The van der Waals surface area contributed by atoms with E-state index in [2.05, 4.69) is 42.5 Å². The molecular formula is C62H111N11O14. The Hall–Kier alpha value is -6.05. The van der Waals surface area contributed by atoms with Gasteiger partial charge in [-0.2, -0.15) is 0 Å². The molecule has 25 nitrogen and oxygen atoms in total. The first-order valence-electron chi connectivity index (χ1n) is 31.0. The second-order valence-corrected chi connectivity index (χ2v) is 27.2. The van der Waals surface area contributed by atoms with Gasteiger partial charge in [-0.1, -0.05) is 88.7 Å². The van der Waals surface area contributed by atoms with Crippen LogP contribution in [0.3, 0.4) is 0 Å². The van der Waals surface area contributed by atoms with Crippen LogP contribution in [-0.4, -0.2) is 194 Å². The SMILES string of the molecule is CCC(=O)C[C@@H](O)C[C@@H](C)C[C@H](NC(=O)[C@@H]1C[C@@H](C)CN1C(=O)/C=C/[C@H](C)CC)C(=O)N[C@H](C(=O)NC(C)(C)C(=O)N[C@@H](CC(C)C)C(=O)N[C@@H](CC(C)C)C(=O)NC(C)(C)C(=O)NC(C)(C)C(=O)NCCC(=O)N(O)[C@H](C)CN(C)C)[C@H](O)C(C)C. The molecule has 0 spiro atoms. The quantitative estimate of drug-likeness (QED) is 0.0242. The Kier molecular flexibility index (Phi) is 32.5. The summed E-state index contributed by atoms with van der Waals surface area (Å²) in [6.07, 6.45) is 1.77. The predicted molar refractivity (Wildman–Crippen MR) is 331 cm³/mol. The highest BCUT2D eigenvalue weighted by Gasteiger charge is 2.43. The van der Waals surface area contributed by atoms with Crippen molar-refractivity contribution in [2.45, 2.75) is 247 Å². The molecule has 25 heteroatoms. The summed E-state index contributed by atoms with van der Waals surface area (Å²) in [5, 5.41) is 54.6. The zero-order valence-corrected chi connectivity index (χ0v) is 55.9. The van der Waals surface area contributed by atoms with Crippen molar-refractivity contribution < 1.29 is 68.2 Å². The third kappa shape index (κ3) is 27.1. The minimum Gasteiger partial charge on any atom is -0.393 e. The van der Waals surface area contributed by atoms with Crippen LogP contribution >= 0.6 is 0 Å². The van der Waals surface area contributed by atoms with Gasteiger partial charge in [0.05, 0.1) is 18.2 Å². The molecular weight excluding hydrogens is 1120 g/mol. The zero-order valence-electron chi connectivity index (χ0n) is 55.9. The first-order chi connectivity index (χ1) is 40.0. The summed E-state index contributed by atoms with van der Waals surface area (Å²) in [4.78, 5) is 154. The van der Waals surface area contributed by atoms with E-state index in [4.69, 9.17) is 0 Å². The molecule has 0 aromatic heterocycles. The molecule has 0 aromatic rings. The molecule has 0 saturated carbocycles. The van der Waals surface area contributed by atoms with Gasteiger partial charge in [-0.15, -0.1) is 0 Å². The Bertz CT molecular complexity index is 2380. The topological polar surface area (TPSA) is 354 Å². The first kappa shape index (κ1) is 79.0. The molecule has 11 atom stereocenters. The van der Waals surface area contributed by atoms with Crippen LogP contribution in [0.5, 0.6) is 0 Å². The van der Waals surface area contributed by atoms with Gasteiger partial charge in [-0.05, 0) is 136 Å². The highest BCUT2D eigenvalue weighted by atomic mass is 16.5. The van der Waals surface area contributed by atoms with E-state index < -0.39 is 130 Å². The van der Waals surface area contributed by atoms with E-state index in [1.54, 1.807) is 73.5 Å². The van der Waals surface area contributed by atoms with Gasteiger partial charge in [0.1, 0.15) is 52.6 Å². The smallest absolute Gasteiger partial charge is 0.247 e. The van der Waals surface area contributed by atoms with Crippen LogP contribution in [0, 0.1) is 35.5 Å². The maximum atomic E-state index is 14.6. The van der Waals surface area contributed by atoms with Crippen LogP contribution in [0.4, 0.5) is 0 Å². The van der Waals surface area contributed by atoms with Crippen molar-refractivity contribution in [2.75, 3.05) is 33.7 Å². The second kappa shape index (κ2) is 35.8. The van der Waals surface area contributed by atoms with E-state index in [0.29, 0.717) is 24.6 Å². The molecule has 1 fully saturated rings. The number of aliphatic hydroxyl groups is 2. The third-order valence-corrected chi connectivity index (χ3v) is 15.3. The predicted octanol–water partition coefficient (Wildman–Crippen LogP) is 2.38. The molecule has 1 rings (SSSR count). The van der Waals surface area contributed by atoms with E-state index in [0.717, 1.165) is 6.42 Å². The molecule has 0 aliphatic carbocycles. The number of carbonyl (C=O) groups excluding carboxylic acids is 11. The van der Waals surface area contributed by atoms with E-state index in [1.165, 1.54) is 52.5 Å². The number of aliphatic hydroxyl groups excluding tert-OH is 2. The number of likely N-dealkylation sites (N-methyl/N-ethyl adjacent to an activating group) is 1. The number of nitrogens with one attached hydrogen (secondary N) is 8. The number of allylic oxidation sites excluding steroid dienone is 1. The summed E-state index contributed by atoms with van der Waals surface area (Å²) in [6, 6.07) is -7.06. The summed E-state index contributed by atoms with van der Waals surface area (Å²) in [5.74, 6) is -8.84. The Morgan fingerprint density at radius 1 is 0.644 bits per heavy atom. The molecule has 11 N–H and O–H groups in total. The summed E-state index contributed by atoms with van der Waals surface area (Å²) in [6.45, 7) is 30.3. The van der Waals surface area contributed by atoms with Crippen molar-refractivity contribution in [1.82, 2.24) is 57.4 Å². The number of ketones is 1. The van der Waals surface area contributed by atoms with Crippen molar-refractivity contribution in [2.24, 2.45) is 35.5 Å². The van der Waals surface area contributed by atoms with Crippen molar-refractivity contribution in [1.29, 1.82) is 0 Å². The Morgan fingerprint density at radius 3 is 1.69 bits per heavy atom. The summed E-state index contributed by atoms with van der Waals surface area (Å²) < 4.78 is 0. The van der Waals surface area contributed by atoms with Gasteiger partial charge in [0, 0.05) is 38.9 Å². The molecule has 1 heterocycles. The van der Waals surface area contributed by atoms with Gasteiger partial charge in [0.15, 0.2) is 0 Å². The number of Topliss-reactive ketones (excluding diaryl/α,β-unsaturated/α-hetero) is 1. The van der Waals surface area contributed by atoms with Crippen LogP contribution < -0.4 is 42.5 Å². The van der Waals surface area contributed by atoms with Crippen molar-refractivity contribution in [3.8, 4) is 0 Å². The van der Waals surface area contributed by atoms with Gasteiger partial charge >= 0.3 is 0 Å².